The van der Waals surface area contributed by atoms with Crippen molar-refractivity contribution in [1.82, 2.24) is 14.1 Å². The second-order valence-corrected chi connectivity index (χ2v) is 11.6. The molecule has 1 aliphatic rings. The maximum atomic E-state index is 13.4. The Kier molecular flexibility index (Phi) is 9.34. The molecule has 0 saturated carbocycles. The molecule has 1 fully saturated rings. The van der Waals surface area contributed by atoms with Gasteiger partial charge >= 0.3 is 12.2 Å². The molecule has 40 heavy (non-hydrogen) atoms. The third-order valence-corrected chi connectivity index (χ3v) is 8.60. The zero-order valence-electron chi connectivity index (χ0n) is 21.2. The second-order valence-electron chi connectivity index (χ2n) is 9.26. The second kappa shape index (κ2) is 12.5. The molecule has 0 radical (unpaired) electrons. The predicted octanol–water partition coefficient (Wildman–Crippen LogP) is 5.54. The van der Waals surface area contributed by atoms with Gasteiger partial charge in [0.05, 0.1) is 10.5 Å². The average molecular weight is 599 g/mol. The number of alkyl halides is 3. The highest BCUT2D eigenvalue weighted by Gasteiger charge is 2.34. The minimum absolute atomic E-state index is 0.0885. The number of nitrogens with one attached hydrogen (secondary N) is 1. The summed E-state index contributed by atoms with van der Waals surface area (Å²) in [5, 5.41) is 3.26. The topological polar surface area (TPSA) is 73.0 Å². The van der Waals surface area contributed by atoms with E-state index in [1.165, 1.54) is 16.4 Å². The van der Waals surface area contributed by atoms with Crippen LogP contribution in [0.15, 0.2) is 77.7 Å². The van der Waals surface area contributed by atoms with Gasteiger partial charge in [-0.15, -0.1) is 0 Å². The van der Waals surface area contributed by atoms with Gasteiger partial charge in [-0.2, -0.15) is 17.5 Å². The number of carbonyl (C=O) groups is 1. The number of amides is 2. The maximum absolute atomic E-state index is 13.4. The molecule has 13 heteroatoms. The van der Waals surface area contributed by atoms with E-state index in [4.69, 9.17) is 11.6 Å². The Balaban J connectivity index is 1.39. The van der Waals surface area contributed by atoms with Crippen LogP contribution in [0.1, 0.15) is 11.1 Å². The van der Waals surface area contributed by atoms with E-state index in [9.17, 15) is 30.8 Å². The first-order chi connectivity index (χ1) is 18.9. The molecule has 214 valence electrons. The lowest BCUT2D eigenvalue weighted by Gasteiger charge is -2.35. The third-order valence-electron chi connectivity index (χ3n) is 6.47. The number of piperazine rings is 1. The first-order valence-corrected chi connectivity index (χ1v) is 14.2. The molecule has 0 atom stereocenters. The van der Waals surface area contributed by atoms with Crippen molar-refractivity contribution in [1.29, 1.82) is 0 Å². The van der Waals surface area contributed by atoms with Crippen LogP contribution < -0.4 is 5.32 Å². The van der Waals surface area contributed by atoms with Crippen LogP contribution in [0.3, 0.4) is 0 Å². The lowest BCUT2D eigenvalue weighted by Crippen LogP contribution is -2.50. The van der Waals surface area contributed by atoms with Gasteiger partial charge in [-0.3, -0.25) is 4.90 Å². The molecule has 0 aliphatic carbocycles. The standard InChI is InChI=1S/C27H27ClF4N4O3S/c28-22-4-2-5-24(18-22)33-26(37)35(19-20-7-9-23(29)10-8-20)14-11-34-12-15-36(16-13-34)40(38,39)25-6-1-3-21(17-25)27(30,31)32/h1-10,17-18H,11-16,19H2,(H,33,37). The quantitative estimate of drug-likeness (QED) is 0.346. The van der Waals surface area contributed by atoms with Crippen LogP contribution in [0.25, 0.3) is 0 Å². The van der Waals surface area contributed by atoms with Crippen LogP contribution in [-0.2, 0) is 22.7 Å². The lowest BCUT2D eigenvalue weighted by atomic mass is 10.2. The normalized spacial score (nSPS) is 15.1. The van der Waals surface area contributed by atoms with Crippen LogP contribution in [-0.4, -0.2) is 67.8 Å². The number of carbonyl (C=O) groups excluding carboxylic acids is 1. The SMILES string of the molecule is O=C(Nc1cccc(Cl)c1)N(CCN1CCN(S(=O)(=O)c2cccc(C(F)(F)F)c2)CC1)Cc1ccc(F)cc1. The number of benzene rings is 3. The molecule has 2 amide bonds. The molecule has 7 nitrogen and oxygen atoms in total. The number of nitrogens with zero attached hydrogens (tertiary/aromatic N) is 3. The maximum Gasteiger partial charge on any atom is 0.416 e. The van der Waals surface area contributed by atoms with Crippen molar-refractivity contribution in [2.45, 2.75) is 17.6 Å². The van der Waals surface area contributed by atoms with Crippen LogP contribution in [0.4, 0.5) is 28.0 Å². The van der Waals surface area contributed by atoms with E-state index in [-0.39, 0.29) is 26.2 Å². The number of sulfonamides is 1. The summed E-state index contributed by atoms with van der Waals surface area (Å²) in [5.41, 5.74) is 0.208. The molecule has 0 aromatic heterocycles. The fourth-order valence-corrected chi connectivity index (χ4v) is 5.93. The molecule has 1 N–H and O–H groups in total. The lowest BCUT2D eigenvalue weighted by molar-refractivity contribution is -0.137. The molecule has 0 spiro atoms. The molecular weight excluding hydrogens is 572 g/mol. The third kappa shape index (κ3) is 7.72. The number of anilines is 1. The van der Waals surface area contributed by atoms with E-state index >= 15 is 0 Å². The number of hydrogen-bond donors (Lipinski definition) is 1. The fraction of sp³-hybridized carbons (Fsp3) is 0.296. The molecular formula is C27H27ClF4N4O3S. The smallest absolute Gasteiger partial charge is 0.319 e. The fourth-order valence-electron chi connectivity index (χ4n) is 4.27. The van der Waals surface area contributed by atoms with Gasteiger partial charge in [-0.05, 0) is 54.1 Å². The molecule has 3 aromatic carbocycles. The van der Waals surface area contributed by atoms with Crippen molar-refractivity contribution >= 4 is 33.3 Å². The first kappa shape index (κ1) is 29.8. The summed E-state index contributed by atoms with van der Waals surface area (Å²) in [6.45, 7) is 1.75. The van der Waals surface area contributed by atoms with Crippen molar-refractivity contribution in [2.24, 2.45) is 0 Å². The van der Waals surface area contributed by atoms with Crippen LogP contribution >= 0.6 is 11.6 Å². The summed E-state index contributed by atoms with van der Waals surface area (Å²) in [7, 11) is -4.10. The first-order valence-electron chi connectivity index (χ1n) is 12.4. The molecule has 3 aromatic rings. The summed E-state index contributed by atoms with van der Waals surface area (Å²) in [6.07, 6.45) is -4.65. The zero-order valence-corrected chi connectivity index (χ0v) is 22.8. The molecule has 4 rings (SSSR count). The van der Waals surface area contributed by atoms with Gasteiger partial charge in [0.1, 0.15) is 5.82 Å². The molecule has 1 heterocycles. The number of hydrogen-bond acceptors (Lipinski definition) is 4. The van der Waals surface area contributed by atoms with E-state index in [0.717, 1.165) is 23.8 Å². The highest BCUT2D eigenvalue weighted by atomic mass is 35.5. The van der Waals surface area contributed by atoms with Crippen molar-refractivity contribution in [3.8, 4) is 0 Å². The average Bonchev–Trinajstić information content (AvgIpc) is 2.92. The van der Waals surface area contributed by atoms with Gasteiger partial charge in [0.15, 0.2) is 0 Å². The number of urea groups is 1. The van der Waals surface area contributed by atoms with Gasteiger partial charge in [0.25, 0.3) is 0 Å². The van der Waals surface area contributed by atoms with E-state index in [2.05, 4.69) is 5.32 Å². The zero-order chi connectivity index (χ0) is 28.9. The van der Waals surface area contributed by atoms with Gasteiger partial charge in [0, 0.05) is 56.5 Å². The Morgan fingerprint density at radius 3 is 2.27 bits per heavy atom. The van der Waals surface area contributed by atoms with E-state index in [0.29, 0.717) is 36.4 Å². The largest absolute Gasteiger partial charge is 0.416 e. The summed E-state index contributed by atoms with van der Waals surface area (Å²) in [4.78, 5) is 16.2. The van der Waals surface area contributed by atoms with Gasteiger partial charge in [-0.1, -0.05) is 35.9 Å². The summed E-state index contributed by atoms with van der Waals surface area (Å²) < 4.78 is 79.8. The Morgan fingerprint density at radius 1 is 0.950 bits per heavy atom. The van der Waals surface area contributed by atoms with Crippen molar-refractivity contribution in [3.05, 3.63) is 94.8 Å². The van der Waals surface area contributed by atoms with E-state index in [1.54, 1.807) is 41.3 Å². The predicted molar refractivity (Wildman–Crippen MR) is 144 cm³/mol. The van der Waals surface area contributed by atoms with Crippen LogP contribution in [0.2, 0.25) is 5.02 Å². The van der Waals surface area contributed by atoms with E-state index in [1.807, 2.05) is 4.90 Å². The molecule has 1 aliphatic heterocycles. The Morgan fingerprint density at radius 2 is 1.62 bits per heavy atom. The summed E-state index contributed by atoms with van der Waals surface area (Å²) in [5.74, 6) is -0.392. The molecule has 0 bridgehead atoms. The van der Waals surface area contributed by atoms with Crippen LogP contribution in [0.5, 0.6) is 0 Å². The minimum atomic E-state index is -4.65. The van der Waals surface area contributed by atoms with Crippen molar-refractivity contribution < 1.29 is 30.8 Å². The monoisotopic (exact) mass is 598 g/mol. The highest BCUT2D eigenvalue weighted by Crippen LogP contribution is 2.31. The highest BCUT2D eigenvalue weighted by molar-refractivity contribution is 7.89. The van der Waals surface area contributed by atoms with Gasteiger partial charge in [-0.25, -0.2) is 17.6 Å². The summed E-state index contributed by atoms with van der Waals surface area (Å²) in [6, 6.07) is 15.8. The van der Waals surface area contributed by atoms with Gasteiger partial charge in [0.2, 0.25) is 10.0 Å². The van der Waals surface area contributed by atoms with Crippen LogP contribution in [0, 0.1) is 5.82 Å². The van der Waals surface area contributed by atoms with Crippen molar-refractivity contribution in [3.63, 3.8) is 0 Å². The molecule has 0 unspecified atom stereocenters. The Hall–Kier alpha value is -3.19. The van der Waals surface area contributed by atoms with Crippen molar-refractivity contribution in [2.75, 3.05) is 44.6 Å². The van der Waals surface area contributed by atoms with E-state index < -0.39 is 38.5 Å². The number of rotatable bonds is 8. The Labute approximate surface area is 235 Å². The minimum Gasteiger partial charge on any atom is -0.319 e. The molecule has 1 saturated heterocycles. The van der Waals surface area contributed by atoms with Gasteiger partial charge < -0.3 is 10.2 Å². The Bertz CT molecular complexity index is 1430. The number of halogens is 5. The summed E-state index contributed by atoms with van der Waals surface area (Å²) >= 11 is 6.02.